The minimum absolute atomic E-state index is 0.197. The third kappa shape index (κ3) is 4.27. The monoisotopic (exact) mass is 197 g/mol. The third-order valence-electron chi connectivity index (χ3n) is 2.13. The van der Waals surface area contributed by atoms with Gasteiger partial charge in [0.15, 0.2) is 0 Å². The lowest BCUT2D eigenvalue weighted by molar-refractivity contribution is -0.119. The maximum absolute atomic E-state index is 10.9. The first-order valence-electron chi connectivity index (χ1n) is 4.93. The summed E-state index contributed by atoms with van der Waals surface area (Å²) < 4.78 is 0. The highest BCUT2D eigenvalue weighted by molar-refractivity contribution is 6.76. The first-order valence-corrected chi connectivity index (χ1v) is 8.64. The lowest BCUT2D eigenvalue weighted by Gasteiger charge is -2.12. The van der Waals surface area contributed by atoms with Crippen LogP contribution in [0.15, 0.2) is 12.2 Å². The van der Waals surface area contributed by atoms with E-state index < -0.39 is 8.07 Å². The van der Waals surface area contributed by atoms with Crippen LogP contribution in [0.1, 0.15) is 12.8 Å². The summed E-state index contributed by atoms with van der Waals surface area (Å²) in [7, 11) is -0.946. The number of hydrogen-bond acceptors (Lipinski definition) is 1. The molecule has 74 valence electrons. The fraction of sp³-hybridized carbons (Fsp3) is 0.700. The molecule has 1 saturated heterocycles. The SMILES string of the molecule is C[Si](C)(C)C/C=C/[C@@H]1CCC(=O)N1. The van der Waals surface area contributed by atoms with Gasteiger partial charge in [-0.2, -0.15) is 0 Å². The fourth-order valence-electron chi connectivity index (χ4n) is 1.37. The topological polar surface area (TPSA) is 29.1 Å². The molecule has 2 nitrogen and oxygen atoms in total. The average Bonchev–Trinajstić information content (AvgIpc) is 2.33. The van der Waals surface area contributed by atoms with E-state index in [0.29, 0.717) is 12.5 Å². The molecule has 0 radical (unpaired) electrons. The fourth-order valence-corrected chi connectivity index (χ4v) is 2.21. The zero-order chi connectivity index (χ0) is 9.90. The summed E-state index contributed by atoms with van der Waals surface area (Å²) in [5.41, 5.74) is 0. The highest BCUT2D eigenvalue weighted by Crippen LogP contribution is 2.12. The van der Waals surface area contributed by atoms with Gasteiger partial charge in [-0.3, -0.25) is 4.79 Å². The second-order valence-electron chi connectivity index (χ2n) is 4.91. The van der Waals surface area contributed by atoms with Gasteiger partial charge in [-0.15, -0.1) is 0 Å². The van der Waals surface area contributed by atoms with Crippen molar-refractivity contribution in [2.24, 2.45) is 0 Å². The molecule has 13 heavy (non-hydrogen) atoms. The Labute approximate surface area is 81.4 Å². The molecule has 1 amide bonds. The Balaban J connectivity index is 2.29. The second-order valence-corrected chi connectivity index (χ2v) is 10.4. The van der Waals surface area contributed by atoms with Crippen molar-refractivity contribution in [2.45, 2.75) is 44.6 Å². The lowest BCUT2D eigenvalue weighted by atomic mass is 10.2. The standard InChI is InChI=1S/C10H19NOSi/c1-13(2,3)8-4-5-9-6-7-10(12)11-9/h4-5,9H,6-8H2,1-3H3,(H,11,12)/b5-4+/t9-/m1/s1. The molecule has 0 aromatic rings. The van der Waals surface area contributed by atoms with Gasteiger partial charge in [0, 0.05) is 20.5 Å². The number of allylic oxidation sites excluding steroid dienone is 1. The van der Waals surface area contributed by atoms with Crippen molar-refractivity contribution < 1.29 is 4.79 Å². The van der Waals surface area contributed by atoms with Gasteiger partial charge in [-0.1, -0.05) is 31.8 Å². The van der Waals surface area contributed by atoms with Crippen LogP contribution >= 0.6 is 0 Å². The Hall–Kier alpha value is -0.573. The zero-order valence-electron chi connectivity index (χ0n) is 8.76. The van der Waals surface area contributed by atoms with Crippen LogP contribution in [0.5, 0.6) is 0 Å². The number of nitrogens with one attached hydrogen (secondary N) is 1. The highest BCUT2D eigenvalue weighted by atomic mass is 28.3. The summed E-state index contributed by atoms with van der Waals surface area (Å²) in [6.07, 6.45) is 6.06. The van der Waals surface area contributed by atoms with Crippen LogP contribution in [0.25, 0.3) is 0 Å². The smallest absolute Gasteiger partial charge is 0.220 e. The van der Waals surface area contributed by atoms with Crippen LogP contribution in [-0.4, -0.2) is 20.0 Å². The van der Waals surface area contributed by atoms with Crippen LogP contribution in [0.2, 0.25) is 25.7 Å². The van der Waals surface area contributed by atoms with Crippen molar-refractivity contribution in [3.8, 4) is 0 Å². The third-order valence-corrected chi connectivity index (χ3v) is 3.59. The summed E-state index contributed by atoms with van der Waals surface area (Å²) in [6.45, 7) is 7.06. The average molecular weight is 197 g/mol. The van der Waals surface area contributed by atoms with Gasteiger partial charge in [-0.25, -0.2) is 0 Å². The van der Waals surface area contributed by atoms with Crippen LogP contribution in [-0.2, 0) is 4.79 Å². The first kappa shape index (κ1) is 10.5. The van der Waals surface area contributed by atoms with Crippen molar-refractivity contribution in [1.82, 2.24) is 5.32 Å². The van der Waals surface area contributed by atoms with E-state index in [2.05, 4.69) is 37.1 Å². The Kier molecular flexibility index (Phi) is 3.31. The van der Waals surface area contributed by atoms with Gasteiger partial charge in [0.2, 0.25) is 5.91 Å². The molecule has 1 rings (SSSR count). The number of rotatable bonds is 3. The minimum atomic E-state index is -0.946. The predicted molar refractivity (Wildman–Crippen MR) is 58.5 cm³/mol. The Morgan fingerprint density at radius 2 is 2.23 bits per heavy atom. The van der Waals surface area contributed by atoms with Crippen molar-refractivity contribution >= 4 is 14.0 Å². The van der Waals surface area contributed by atoms with E-state index in [1.165, 1.54) is 6.04 Å². The van der Waals surface area contributed by atoms with Crippen LogP contribution in [0, 0.1) is 0 Å². The van der Waals surface area contributed by atoms with E-state index >= 15 is 0 Å². The van der Waals surface area contributed by atoms with E-state index in [4.69, 9.17) is 0 Å². The molecule has 0 bridgehead atoms. The summed E-state index contributed by atoms with van der Waals surface area (Å²) in [4.78, 5) is 10.9. The quantitative estimate of drug-likeness (QED) is 0.545. The van der Waals surface area contributed by atoms with Crippen molar-refractivity contribution in [3.05, 3.63) is 12.2 Å². The molecule has 0 saturated carbocycles. The van der Waals surface area contributed by atoms with E-state index in [1.807, 2.05) is 0 Å². The molecular formula is C10H19NOSi. The molecule has 0 aliphatic carbocycles. The molecule has 0 spiro atoms. The molecule has 1 aliphatic rings. The molecule has 3 heteroatoms. The van der Waals surface area contributed by atoms with Gasteiger partial charge in [-0.05, 0) is 12.5 Å². The van der Waals surface area contributed by atoms with Crippen molar-refractivity contribution in [1.29, 1.82) is 0 Å². The maximum Gasteiger partial charge on any atom is 0.220 e. The number of carbonyl (C=O) groups excluding carboxylic acids is 1. The molecule has 0 aromatic carbocycles. The van der Waals surface area contributed by atoms with Gasteiger partial charge in [0.1, 0.15) is 0 Å². The molecule has 1 N–H and O–H groups in total. The first-order chi connectivity index (χ1) is 5.97. The Bertz CT molecular complexity index is 217. The predicted octanol–water partition coefficient (Wildman–Crippen LogP) is 2.16. The van der Waals surface area contributed by atoms with Crippen LogP contribution in [0.3, 0.4) is 0 Å². The number of hydrogen-bond donors (Lipinski definition) is 1. The number of carbonyl (C=O) groups is 1. The van der Waals surface area contributed by atoms with E-state index in [1.54, 1.807) is 0 Å². The van der Waals surface area contributed by atoms with Crippen LogP contribution < -0.4 is 5.32 Å². The lowest BCUT2D eigenvalue weighted by Crippen LogP contribution is -2.23. The van der Waals surface area contributed by atoms with Crippen molar-refractivity contribution in [3.63, 3.8) is 0 Å². The highest BCUT2D eigenvalue weighted by Gasteiger charge is 2.18. The molecule has 1 aliphatic heterocycles. The van der Waals surface area contributed by atoms with Gasteiger partial charge in [0.05, 0.1) is 0 Å². The minimum Gasteiger partial charge on any atom is -0.350 e. The molecule has 1 fully saturated rings. The maximum atomic E-state index is 10.9. The van der Waals surface area contributed by atoms with Gasteiger partial charge < -0.3 is 5.32 Å². The summed E-state index contributed by atoms with van der Waals surface area (Å²) in [5, 5.41) is 2.93. The summed E-state index contributed by atoms with van der Waals surface area (Å²) in [6, 6.07) is 1.52. The van der Waals surface area contributed by atoms with Gasteiger partial charge in [0.25, 0.3) is 0 Å². The van der Waals surface area contributed by atoms with E-state index in [-0.39, 0.29) is 5.91 Å². The second kappa shape index (κ2) is 4.09. The zero-order valence-corrected chi connectivity index (χ0v) is 9.76. The Morgan fingerprint density at radius 3 is 2.69 bits per heavy atom. The summed E-state index contributed by atoms with van der Waals surface area (Å²) >= 11 is 0. The normalized spacial score (nSPS) is 23.9. The number of amides is 1. The summed E-state index contributed by atoms with van der Waals surface area (Å²) in [5.74, 6) is 0.197. The van der Waals surface area contributed by atoms with Crippen molar-refractivity contribution in [2.75, 3.05) is 0 Å². The molecule has 1 atom stereocenters. The molecular weight excluding hydrogens is 178 g/mol. The van der Waals surface area contributed by atoms with E-state index in [0.717, 1.165) is 6.42 Å². The Morgan fingerprint density at radius 1 is 1.54 bits per heavy atom. The largest absolute Gasteiger partial charge is 0.350 e. The van der Waals surface area contributed by atoms with E-state index in [9.17, 15) is 4.79 Å². The molecule has 0 unspecified atom stereocenters. The van der Waals surface area contributed by atoms with Crippen LogP contribution in [0.4, 0.5) is 0 Å². The molecule has 0 aromatic heterocycles. The molecule has 1 heterocycles. The van der Waals surface area contributed by atoms with Gasteiger partial charge >= 0.3 is 0 Å².